The number of ether oxygens (including phenoxy) is 1. The monoisotopic (exact) mass is 261 g/mol. The Morgan fingerprint density at radius 3 is 2.53 bits per heavy atom. The zero-order valence-electron chi connectivity index (χ0n) is 12.3. The van der Waals surface area contributed by atoms with Crippen LogP contribution in [0.5, 0.6) is 0 Å². The van der Waals surface area contributed by atoms with E-state index in [9.17, 15) is 0 Å². The fraction of sp³-hybridized carbons (Fsp3) is 0.647. The third-order valence-corrected chi connectivity index (χ3v) is 4.32. The van der Waals surface area contributed by atoms with Gasteiger partial charge >= 0.3 is 0 Å². The molecule has 0 heterocycles. The molecule has 1 aromatic carbocycles. The van der Waals surface area contributed by atoms with Crippen LogP contribution < -0.4 is 5.32 Å². The SMILES string of the molecule is COCCNCC(c1ccc(C)cc1)C1CCCC1. The van der Waals surface area contributed by atoms with Crippen LogP contribution in [0.3, 0.4) is 0 Å². The van der Waals surface area contributed by atoms with Crippen molar-refractivity contribution in [2.45, 2.75) is 38.5 Å². The first-order valence-corrected chi connectivity index (χ1v) is 7.57. The number of hydrogen-bond acceptors (Lipinski definition) is 2. The Labute approximate surface area is 117 Å². The van der Waals surface area contributed by atoms with Gasteiger partial charge in [0.2, 0.25) is 0 Å². The van der Waals surface area contributed by atoms with E-state index in [2.05, 4.69) is 36.5 Å². The van der Waals surface area contributed by atoms with E-state index in [1.807, 2.05) is 0 Å². The summed E-state index contributed by atoms with van der Waals surface area (Å²) < 4.78 is 5.11. The van der Waals surface area contributed by atoms with E-state index >= 15 is 0 Å². The number of benzene rings is 1. The van der Waals surface area contributed by atoms with Crippen molar-refractivity contribution in [2.24, 2.45) is 5.92 Å². The summed E-state index contributed by atoms with van der Waals surface area (Å²) in [6.45, 7) is 4.99. The molecule has 0 radical (unpaired) electrons. The maximum absolute atomic E-state index is 5.11. The van der Waals surface area contributed by atoms with Gasteiger partial charge < -0.3 is 10.1 Å². The van der Waals surface area contributed by atoms with Gasteiger partial charge in [-0.1, -0.05) is 42.7 Å². The van der Waals surface area contributed by atoms with Gasteiger partial charge in [0.05, 0.1) is 6.61 Å². The third kappa shape index (κ3) is 4.32. The molecule has 1 unspecified atom stereocenters. The Morgan fingerprint density at radius 2 is 1.89 bits per heavy atom. The summed E-state index contributed by atoms with van der Waals surface area (Å²) in [4.78, 5) is 0. The minimum atomic E-state index is 0.667. The number of methoxy groups -OCH3 is 1. The summed E-state index contributed by atoms with van der Waals surface area (Å²) in [5.74, 6) is 1.53. The van der Waals surface area contributed by atoms with Gasteiger partial charge in [0.15, 0.2) is 0 Å². The maximum atomic E-state index is 5.11. The molecule has 0 saturated heterocycles. The first-order valence-electron chi connectivity index (χ1n) is 7.57. The second kappa shape index (κ2) is 7.66. The Kier molecular flexibility index (Phi) is 5.87. The molecule has 1 N–H and O–H groups in total. The largest absolute Gasteiger partial charge is 0.383 e. The van der Waals surface area contributed by atoms with Gasteiger partial charge in [-0.15, -0.1) is 0 Å². The molecule has 1 saturated carbocycles. The highest BCUT2D eigenvalue weighted by Gasteiger charge is 2.25. The van der Waals surface area contributed by atoms with Crippen molar-refractivity contribution in [1.29, 1.82) is 0 Å². The van der Waals surface area contributed by atoms with Crippen molar-refractivity contribution in [1.82, 2.24) is 5.32 Å². The Balaban J connectivity index is 1.98. The summed E-state index contributed by atoms with van der Waals surface area (Å²) in [6, 6.07) is 9.12. The highest BCUT2D eigenvalue weighted by atomic mass is 16.5. The van der Waals surface area contributed by atoms with Gasteiger partial charge in [-0.2, -0.15) is 0 Å². The van der Waals surface area contributed by atoms with Crippen LogP contribution in [-0.2, 0) is 4.74 Å². The van der Waals surface area contributed by atoms with Crippen molar-refractivity contribution in [3.05, 3.63) is 35.4 Å². The summed E-state index contributed by atoms with van der Waals surface area (Å²) in [5.41, 5.74) is 2.85. The van der Waals surface area contributed by atoms with Crippen LogP contribution in [0, 0.1) is 12.8 Å². The standard InChI is InChI=1S/C17H27NO/c1-14-7-9-16(10-8-14)17(13-18-11-12-19-2)15-5-3-4-6-15/h7-10,15,17-18H,3-6,11-13H2,1-2H3. The molecule has 1 aliphatic carbocycles. The normalized spacial score (nSPS) is 17.8. The molecule has 2 rings (SSSR count). The van der Waals surface area contributed by atoms with Gasteiger partial charge in [-0.25, -0.2) is 0 Å². The molecule has 1 aromatic rings. The van der Waals surface area contributed by atoms with Crippen LogP contribution in [0.2, 0.25) is 0 Å². The van der Waals surface area contributed by atoms with Gasteiger partial charge in [0, 0.05) is 20.2 Å². The lowest BCUT2D eigenvalue weighted by Crippen LogP contribution is -2.28. The van der Waals surface area contributed by atoms with E-state index in [0.717, 1.165) is 25.6 Å². The molecule has 1 fully saturated rings. The Hall–Kier alpha value is -0.860. The van der Waals surface area contributed by atoms with E-state index in [0.29, 0.717) is 5.92 Å². The predicted octanol–water partition coefficient (Wildman–Crippen LogP) is 3.50. The van der Waals surface area contributed by atoms with Crippen LogP contribution in [0.1, 0.15) is 42.7 Å². The molecule has 19 heavy (non-hydrogen) atoms. The average Bonchev–Trinajstić information content (AvgIpc) is 2.94. The predicted molar refractivity (Wildman–Crippen MR) is 80.6 cm³/mol. The topological polar surface area (TPSA) is 21.3 Å². The Bertz CT molecular complexity index is 354. The van der Waals surface area contributed by atoms with Crippen molar-refractivity contribution in [3.63, 3.8) is 0 Å². The molecule has 0 aromatic heterocycles. The van der Waals surface area contributed by atoms with E-state index in [-0.39, 0.29) is 0 Å². The lowest BCUT2D eigenvalue weighted by molar-refractivity contribution is 0.198. The van der Waals surface area contributed by atoms with Crippen LogP contribution in [0.15, 0.2) is 24.3 Å². The average molecular weight is 261 g/mol. The third-order valence-electron chi connectivity index (χ3n) is 4.32. The van der Waals surface area contributed by atoms with Gasteiger partial charge in [-0.3, -0.25) is 0 Å². The summed E-state index contributed by atoms with van der Waals surface area (Å²) in [6.07, 6.45) is 5.60. The molecule has 2 nitrogen and oxygen atoms in total. The lowest BCUT2D eigenvalue weighted by atomic mass is 9.84. The molecule has 0 bridgehead atoms. The number of hydrogen-bond donors (Lipinski definition) is 1. The molecule has 2 heteroatoms. The quantitative estimate of drug-likeness (QED) is 0.758. The smallest absolute Gasteiger partial charge is 0.0587 e. The zero-order chi connectivity index (χ0) is 13.5. The molecular formula is C17H27NO. The first kappa shape index (κ1) is 14.5. The Morgan fingerprint density at radius 1 is 1.21 bits per heavy atom. The van der Waals surface area contributed by atoms with Crippen LogP contribution in [0.4, 0.5) is 0 Å². The first-order chi connectivity index (χ1) is 9.31. The maximum Gasteiger partial charge on any atom is 0.0587 e. The molecule has 1 aliphatic rings. The number of aryl methyl sites for hydroxylation is 1. The van der Waals surface area contributed by atoms with Crippen molar-refractivity contribution in [3.8, 4) is 0 Å². The summed E-state index contributed by atoms with van der Waals surface area (Å²) in [5, 5.41) is 3.55. The lowest BCUT2D eigenvalue weighted by Gasteiger charge is -2.24. The second-order valence-electron chi connectivity index (χ2n) is 5.76. The van der Waals surface area contributed by atoms with Crippen molar-refractivity contribution in [2.75, 3.05) is 26.8 Å². The van der Waals surface area contributed by atoms with Gasteiger partial charge in [0.25, 0.3) is 0 Å². The minimum Gasteiger partial charge on any atom is -0.383 e. The molecule has 1 atom stereocenters. The van der Waals surface area contributed by atoms with E-state index in [1.54, 1.807) is 7.11 Å². The highest BCUT2D eigenvalue weighted by Crippen LogP contribution is 2.37. The zero-order valence-corrected chi connectivity index (χ0v) is 12.3. The van der Waals surface area contributed by atoms with Gasteiger partial charge in [0.1, 0.15) is 0 Å². The minimum absolute atomic E-state index is 0.667. The van der Waals surface area contributed by atoms with Crippen LogP contribution in [0.25, 0.3) is 0 Å². The van der Waals surface area contributed by atoms with E-state index < -0.39 is 0 Å². The van der Waals surface area contributed by atoms with E-state index in [1.165, 1.54) is 36.8 Å². The van der Waals surface area contributed by atoms with E-state index in [4.69, 9.17) is 4.74 Å². The molecule has 0 amide bonds. The molecule has 0 aliphatic heterocycles. The fourth-order valence-corrected chi connectivity index (χ4v) is 3.16. The second-order valence-corrected chi connectivity index (χ2v) is 5.76. The van der Waals surface area contributed by atoms with Crippen LogP contribution in [-0.4, -0.2) is 26.8 Å². The molecule has 0 spiro atoms. The van der Waals surface area contributed by atoms with Crippen molar-refractivity contribution < 1.29 is 4.74 Å². The fourth-order valence-electron chi connectivity index (χ4n) is 3.16. The summed E-state index contributed by atoms with van der Waals surface area (Å²) in [7, 11) is 1.76. The summed E-state index contributed by atoms with van der Waals surface area (Å²) >= 11 is 0. The highest BCUT2D eigenvalue weighted by molar-refractivity contribution is 5.25. The number of nitrogens with one attached hydrogen (secondary N) is 1. The number of rotatable bonds is 7. The van der Waals surface area contributed by atoms with Crippen molar-refractivity contribution >= 4 is 0 Å². The van der Waals surface area contributed by atoms with Gasteiger partial charge in [-0.05, 0) is 37.2 Å². The molecule has 106 valence electrons. The molecular weight excluding hydrogens is 234 g/mol. The van der Waals surface area contributed by atoms with Crippen LogP contribution >= 0.6 is 0 Å².